The number of rotatable bonds is 8. The van der Waals surface area contributed by atoms with Crippen molar-refractivity contribution in [2.75, 3.05) is 33.3 Å². The van der Waals surface area contributed by atoms with Crippen molar-refractivity contribution in [3.8, 4) is 5.75 Å². The number of carbonyl (C=O) groups is 1. The van der Waals surface area contributed by atoms with Gasteiger partial charge in [0.2, 0.25) is 5.91 Å². The summed E-state index contributed by atoms with van der Waals surface area (Å²) < 4.78 is 42.5. The minimum absolute atomic E-state index is 0.0783. The number of halogens is 3. The van der Waals surface area contributed by atoms with Gasteiger partial charge in [0.1, 0.15) is 18.5 Å². The minimum atomic E-state index is -4.39. The molecule has 0 bridgehead atoms. The molecule has 0 fully saturated rings. The first kappa shape index (κ1) is 19.2. The topological polar surface area (TPSA) is 61.8 Å². The molecule has 0 saturated heterocycles. The smallest absolute Gasteiger partial charge is 0.416 e. The van der Waals surface area contributed by atoms with Crippen molar-refractivity contribution >= 4 is 5.91 Å². The van der Waals surface area contributed by atoms with Crippen LogP contribution < -0.4 is 10.1 Å². The zero-order chi connectivity index (χ0) is 17.5. The highest BCUT2D eigenvalue weighted by Crippen LogP contribution is 2.30. The molecule has 0 radical (unpaired) electrons. The molecular weight excluding hydrogens is 313 g/mol. The number of hydrogen-bond acceptors (Lipinski definition) is 4. The third kappa shape index (κ3) is 7.34. The van der Waals surface area contributed by atoms with E-state index >= 15 is 0 Å². The number of nitrogens with one attached hydrogen (secondary N) is 1. The van der Waals surface area contributed by atoms with Gasteiger partial charge < -0.3 is 15.2 Å². The van der Waals surface area contributed by atoms with Crippen molar-refractivity contribution < 1.29 is 27.8 Å². The average Bonchev–Trinajstić information content (AvgIpc) is 2.44. The van der Waals surface area contributed by atoms with Gasteiger partial charge in [0.15, 0.2) is 0 Å². The van der Waals surface area contributed by atoms with E-state index in [2.05, 4.69) is 5.32 Å². The van der Waals surface area contributed by atoms with Gasteiger partial charge in [-0.3, -0.25) is 9.69 Å². The first-order valence-corrected chi connectivity index (χ1v) is 7.15. The van der Waals surface area contributed by atoms with E-state index < -0.39 is 17.8 Å². The Morgan fingerprint density at radius 3 is 2.48 bits per heavy atom. The Morgan fingerprint density at radius 1 is 1.35 bits per heavy atom. The second-order valence-corrected chi connectivity index (χ2v) is 5.14. The summed E-state index contributed by atoms with van der Waals surface area (Å²) in [4.78, 5) is 13.0. The fourth-order valence-electron chi connectivity index (χ4n) is 1.91. The molecule has 1 amide bonds. The van der Waals surface area contributed by atoms with Crippen molar-refractivity contribution in [2.24, 2.45) is 0 Å². The molecule has 1 rings (SSSR count). The molecule has 8 heteroatoms. The van der Waals surface area contributed by atoms with Crippen LogP contribution in [0, 0.1) is 0 Å². The molecule has 1 aromatic rings. The van der Waals surface area contributed by atoms with Gasteiger partial charge in [-0.1, -0.05) is 0 Å². The number of likely N-dealkylation sites (N-methyl/N-ethyl adjacent to an activating group) is 2. The number of amides is 1. The molecule has 0 spiro atoms. The Kier molecular flexibility index (Phi) is 7.31. The Labute approximate surface area is 133 Å². The fraction of sp³-hybridized carbons (Fsp3) is 0.533. The summed E-state index contributed by atoms with van der Waals surface area (Å²) in [5.41, 5.74) is -0.757. The van der Waals surface area contributed by atoms with Gasteiger partial charge in [0, 0.05) is 13.1 Å². The van der Waals surface area contributed by atoms with E-state index in [0.29, 0.717) is 6.54 Å². The van der Waals surface area contributed by atoms with Crippen molar-refractivity contribution in [2.45, 2.75) is 19.2 Å². The highest BCUT2D eigenvalue weighted by Gasteiger charge is 2.30. The zero-order valence-electron chi connectivity index (χ0n) is 13.1. The summed E-state index contributed by atoms with van der Waals surface area (Å²) in [6.07, 6.45) is -5.25. The summed E-state index contributed by atoms with van der Waals surface area (Å²) in [7, 11) is 1.68. The number of nitrogens with zero attached hydrogens (tertiary/aromatic N) is 1. The maximum Gasteiger partial charge on any atom is 0.416 e. The van der Waals surface area contributed by atoms with Crippen LogP contribution in [0.15, 0.2) is 24.3 Å². The third-order valence-electron chi connectivity index (χ3n) is 2.93. The van der Waals surface area contributed by atoms with Crippen LogP contribution in [0.4, 0.5) is 13.2 Å². The lowest BCUT2D eigenvalue weighted by Crippen LogP contribution is -2.40. The quantitative estimate of drug-likeness (QED) is 0.757. The van der Waals surface area contributed by atoms with Crippen molar-refractivity contribution in [3.63, 3.8) is 0 Å². The number of aliphatic hydroxyl groups excluding tert-OH is 1. The van der Waals surface area contributed by atoms with E-state index in [1.165, 1.54) is 12.1 Å². The Balaban J connectivity index is 2.38. The zero-order valence-corrected chi connectivity index (χ0v) is 13.1. The van der Waals surface area contributed by atoms with E-state index in [4.69, 9.17) is 4.74 Å². The highest BCUT2D eigenvalue weighted by atomic mass is 19.4. The van der Waals surface area contributed by atoms with Gasteiger partial charge in [-0.15, -0.1) is 0 Å². The van der Waals surface area contributed by atoms with Gasteiger partial charge >= 0.3 is 6.18 Å². The Morgan fingerprint density at radius 2 is 1.96 bits per heavy atom. The van der Waals surface area contributed by atoms with Crippen LogP contribution >= 0.6 is 0 Å². The van der Waals surface area contributed by atoms with Crippen molar-refractivity contribution in [1.29, 1.82) is 0 Å². The second kappa shape index (κ2) is 8.73. The predicted octanol–water partition coefficient (Wildman–Crippen LogP) is 1.51. The number of hydrogen-bond donors (Lipinski definition) is 2. The SMILES string of the molecule is CCNC(=O)CN(C)CC(O)COc1ccc(C(F)(F)F)cc1. The van der Waals surface area contributed by atoms with Crippen molar-refractivity contribution in [1.82, 2.24) is 10.2 Å². The van der Waals surface area contributed by atoms with Crippen LogP contribution in [0.25, 0.3) is 0 Å². The lowest BCUT2D eigenvalue weighted by atomic mass is 10.2. The average molecular weight is 334 g/mol. The van der Waals surface area contributed by atoms with E-state index in [1.54, 1.807) is 11.9 Å². The van der Waals surface area contributed by atoms with Gasteiger partial charge in [-0.2, -0.15) is 13.2 Å². The number of carbonyl (C=O) groups excluding carboxylic acids is 1. The van der Waals surface area contributed by atoms with Crippen LogP contribution in [0.3, 0.4) is 0 Å². The summed E-state index contributed by atoms with van der Waals surface area (Å²) in [5.74, 6) is 0.0919. The highest BCUT2D eigenvalue weighted by molar-refractivity contribution is 5.77. The molecule has 23 heavy (non-hydrogen) atoms. The molecule has 0 aliphatic carbocycles. The van der Waals surface area contributed by atoms with Crippen molar-refractivity contribution in [3.05, 3.63) is 29.8 Å². The van der Waals surface area contributed by atoms with Gasteiger partial charge in [0.25, 0.3) is 0 Å². The van der Waals surface area contributed by atoms with E-state index in [-0.39, 0.29) is 31.4 Å². The summed E-state index contributed by atoms with van der Waals surface area (Å²) >= 11 is 0. The molecule has 1 atom stereocenters. The summed E-state index contributed by atoms with van der Waals surface area (Å²) in [6, 6.07) is 4.24. The third-order valence-corrected chi connectivity index (χ3v) is 2.93. The van der Waals surface area contributed by atoms with Gasteiger partial charge in [-0.05, 0) is 38.2 Å². The van der Waals surface area contributed by atoms with E-state index in [0.717, 1.165) is 12.1 Å². The molecule has 0 aliphatic heterocycles. The van der Waals surface area contributed by atoms with Crippen LogP contribution in [-0.2, 0) is 11.0 Å². The first-order chi connectivity index (χ1) is 10.7. The second-order valence-electron chi connectivity index (χ2n) is 5.14. The normalized spacial score (nSPS) is 13.0. The molecule has 0 heterocycles. The maximum atomic E-state index is 12.4. The molecule has 1 aromatic carbocycles. The number of aliphatic hydroxyl groups is 1. The molecule has 2 N–H and O–H groups in total. The lowest BCUT2D eigenvalue weighted by molar-refractivity contribution is -0.137. The molecule has 0 aliphatic rings. The number of alkyl halides is 3. The monoisotopic (exact) mass is 334 g/mol. The molecule has 1 unspecified atom stereocenters. The summed E-state index contributed by atoms with van der Waals surface area (Å²) in [6.45, 7) is 2.62. The standard InChI is InChI=1S/C15H21F3N2O3/c1-3-19-14(22)9-20(2)8-12(21)10-23-13-6-4-11(5-7-13)15(16,17)18/h4-7,12,21H,3,8-10H2,1-2H3,(H,19,22). The minimum Gasteiger partial charge on any atom is -0.491 e. The molecule has 0 aromatic heterocycles. The summed E-state index contributed by atoms with van der Waals surface area (Å²) in [5, 5.41) is 12.5. The fourth-order valence-corrected chi connectivity index (χ4v) is 1.91. The maximum absolute atomic E-state index is 12.4. The molecule has 0 saturated carbocycles. The molecule has 130 valence electrons. The molecular formula is C15H21F3N2O3. The van der Waals surface area contributed by atoms with E-state index in [1.807, 2.05) is 6.92 Å². The predicted molar refractivity (Wildman–Crippen MR) is 79.1 cm³/mol. The number of ether oxygens (including phenoxy) is 1. The van der Waals surface area contributed by atoms with Crippen LogP contribution in [0.5, 0.6) is 5.75 Å². The largest absolute Gasteiger partial charge is 0.491 e. The molecule has 5 nitrogen and oxygen atoms in total. The number of benzene rings is 1. The lowest BCUT2D eigenvalue weighted by Gasteiger charge is -2.20. The van der Waals surface area contributed by atoms with Gasteiger partial charge in [-0.25, -0.2) is 0 Å². The Hall–Kier alpha value is -1.80. The Bertz CT molecular complexity index is 492. The van der Waals surface area contributed by atoms with Gasteiger partial charge in [0.05, 0.1) is 12.1 Å². The van der Waals surface area contributed by atoms with E-state index in [9.17, 15) is 23.1 Å². The van der Waals surface area contributed by atoms with Crippen LogP contribution in [0.2, 0.25) is 0 Å². The van der Waals surface area contributed by atoms with Crippen LogP contribution in [-0.4, -0.2) is 55.3 Å². The first-order valence-electron chi connectivity index (χ1n) is 7.15. The van der Waals surface area contributed by atoms with Crippen LogP contribution in [0.1, 0.15) is 12.5 Å².